The molecule has 0 aliphatic carbocycles. The van der Waals surface area contributed by atoms with Gasteiger partial charge in [0, 0.05) is 12.2 Å². The van der Waals surface area contributed by atoms with Crippen LogP contribution in [0.2, 0.25) is 10.0 Å². The third-order valence-electron chi connectivity index (χ3n) is 5.20. The Hall–Kier alpha value is -3.62. The van der Waals surface area contributed by atoms with E-state index in [0.717, 1.165) is 24.4 Å². The summed E-state index contributed by atoms with van der Waals surface area (Å²) in [6.45, 7) is 8.35. The van der Waals surface area contributed by atoms with Gasteiger partial charge in [-0.2, -0.15) is 13.2 Å². The van der Waals surface area contributed by atoms with Crippen LogP contribution in [0, 0.1) is 0 Å². The Kier molecular flexibility index (Phi) is 9.64. The van der Waals surface area contributed by atoms with Gasteiger partial charge >= 0.3 is 12.3 Å². The second kappa shape index (κ2) is 12.3. The van der Waals surface area contributed by atoms with Crippen molar-refractivity contribution in [2.75, 3.05) is 14.9 Å². The summed E-state index contributed by atoms with van der Waals surface area (Å²) >= 11 is 11.6. The molecule has 0 aliphatic rings. The Morgan fingerprint density at radius 3 is 2.31 bits per heavy atom. The first kappa shape index (κ1) is 32.9. The molecule has 2 amide bonds. The molecule has 3 aromatic rings. The maximum Gasteiger partial charge on any atom is 0.417 e. The van der Waals surface area contributed by atoms with Crippen LogP contribution in [0.3, 0.4) is 0 Å². The highest BCUT2D eigenvalue weighted by Crippen LogP contribution is 2.36. The van der Waals surface area contributed by atoms with E-state index >= 15 is 0 Å². The zero-order valence-electron chi connectivity index (χ0n) is 22.9. The van der Waals surface area contributed by atoms with Crippen LogP contribution in [0.25, 0.3) is 0 Å². The van der Waals surface area contributed by atoms with Crippen LogP contribution < -0.4 is 14.9 Å². The van der Waals surface area contributed by atoms with Crippen molar-refractivity contribution in [1.82, 2.24) is 9.97 Å². The third kappa shape index (κ3) is 8.23. The first-order chi connectivity index (χ1) is 19.3. The number of sulfonamides is 1. The second-order valence-electron chi connectivity index (χ2n) is 10.1. The first-order valence-electron chi connectivity index (χ1n) is 12.1. The lowest BCUT2D eigenvalue weighted by Crippen LogP contribution is -2.39. The molecule has 2 N–H and O–H groups in total. The van der Waals surface area contributed by atoms with Crippen molar-refractivity contribution in [3.05, 3.63) is 70.0 Å². The van der Waals surface area contributed by atoms with Gasteiger partial charge in [0.15, 0.2) is 5.69 Å². The van der Waals surface area contributed by atoms with E-state index in [1.54, 1.807) is 34.6 Å². The van der Waals surface area contributed by atoms with Crippen molar-refractivity contribution in [2.24, 2.45) is 0 Å². The molecule has 42 heavy (non-hydrogen) atoms. The van der Waals surface area contributed by atoms with E-state index in [-0.39, 0.29) is 16.7 Å². The number of hydrogen-bond acceptors (Lipinski definition) is 7. The van der Waals surface area contributed by atoms with E-state index in [2.05, 4.69) is 20.0 Å². The molecule has 16 heteroatoms. The number of aromatic nitrogens is 2. The smallest absolute Gasteiger partial charge is 0.417 e. The maximum atomic E-state index is 13.8. The molecule has 0 radical (unpaired) electrons. The normalized spacial score (nSPS) is 12.2. The molecule has 10 nitrogen and oxygen atoms in total. The van der Waals surface area contributed by atoms with Crippen LogP contribution in [0.5, 0.6) is 0 Å². The summed E-state index contributed by atoms with van der Waals surface area (Å²) in [5, 5.41) is 1.72. The minimum atomic E-state index is -4.92. The van der Waals surface area contributed by atoms with E-state index < -0.39 is 66.7 Å². The molecule has 0 spiro atoms. The molecule has 3 rings (SSSR count). The Balaban J connectivity index is 2.00. The Labute approximate surface area is 250 Å². The fourth-order valence-corrected chi connectivity index (χ4v) is 5.00. The number of nitrogens with one attached hydrogen (secondary N) is 2. The molecule has 0 unspecified atom stereocenters. The maximum absolute atomic E-state index is 13.8. The number of carbonyl (C=O) groups is 2. The zero-order chi connectivity index (χ0) is 31.6. The number of pyridine rings is 2. The molecule has 0 atom stereocenters. The third-order valence-corrected chi connectivity index (χ3v) is 7.10. The Morgan fingerprint density at radius 1 is 1.05 bits per heavy atom. The first-order valence-corrected chi connectivity index (χ1v) is 14.4. The molecule has 0 saturated carbocycles. The summed E-state index contributed by atoms with van der Waals surface area (Å²) < 4.78 is 73.6. The predicted octanol–water partition coefficient (Wildman–Crippen LogP) is 7.01. The van der Waals surface area contributed by atoms with Gasteiger partial charge in [-0.25, -0.2) is 23.2 Å². The van der Waals surface area contributed by atoms with Gasteiger partial charge < -0.3 is 4.74 Å². The van der Waals surface area contributed by atoms with Crippen molar-refractivity contribution < 1.29 is 35.9 Å². The van der Waals surface area contributed by atoms with Gasteiger partial charge in [0.25, 0.3) is 15.9 Å². The number of amides is 2. The van der Waals surface area contributed by atoms with Gasteiger partial charge in [-0.05, 0) is 71.0 Å². The fourth-order valence-electron chi connectivity index (χ4n) is 3.53. The van der Waals surface area contributed by atoms with Gasteiger partial charge in [-0.3, -0.25) is 19.7 Å². The SMILES string of the molecule is CC(C)N(C(=O)c1ncc(Cl)cc1NS(=O)(=O)c1ccc(Cl)c(C(F)(F)F)c1)c1cccc(NC(=O)OC(C)(C)C)n1. The zero-order valence-corrected chi connectivity index (χ0v) is 25.2. The number of rotatable bonds is 7. The van der Waals surface area contributed by atoms with Crippen LogP contribution in [0.15, 0.2) is 53.6 Å². The molecular formula is C26H26Cl2F3N5O5S. The Morgan fingerprint density at radius 2 is 1.71 bits per heavy atom. The number of hydrogen-bond donors (Lipinski definition) is 2. The highest BCUT2D eigenvalue weighted by molar-refractivity contribution is 7.92. The molecule has 226 valence electrons. The molecule has 2 heterocycles. The van der Waals surface area contributed by atoms with Gasteiger partial charge in [-0.15, -0.1) is 0 Å². The van der Waals surface area contributed by atoms with Crippen molar-refractivity contribution in [3.63, 3.8) is 0 Å². The van der Waals surface area contributed by atoms with Crippen molar-refractivity contribution in [2.45, 2.75) is 57.3 Å². The summed E-state index contributed by atoms with van der Waals surface area (Å²) in [5.41, 5.74) is -2.95. The second-order valence-corrected chi connectivity index (χ2v) is 12.6. The number of halogens is 5. The molecule has 0 saturated heterocycles. The van der Waals surface area contributed by atoms with E-state index in [9.17, 15) is 31.2 Å². The quantitative estimate of drug-likeness (QED) is 0.282. The summed E-state index contributed by atoms with van der Waals surface area (Å²) in [5.74, 6) is -0.691. The molecule has 0 fully saturated rings. The van der Waals surface area contributed by atoms with Crippen molar-refractivity contribution in [3.8, 4) is 0 Å². The number of ether oxygens (including phenoxy) is 1. The largest absolute Gasteiger partial charge is 0.444 e. The summed E-state index contributed by atoms with van der Waals surface area (Å²) in [6.07, 6.45) is -4.59. The fraction of sp³-hybridized carbons (Fsp3) is 0.308. The number of alkyl halides is 3. The van der Waals surface area contributed by atoms with Crippen LogP contribution in [0.4, 0.5) is 35.3 Å². The molecular weight excluding hydrogens is 622 g/mol. The van der Waals surface area contributed by atoms with Crippen molar-refractivity contribution >= 4 is 62.5 Å². The van der Waals surface area contributed by atoms with Gasteiger partial charge in [0.1, 0.15) is 17.2 Å². The topological polar surface area (TPSA) is 131 Å². The molecule has 0 aliphatic heterocycles. The molecule has 1 aromatic carbocycles. The lowest BCUT2D eigenvalue weighted by Gasteiger charge is -2.27. The summed E-state index contributed by atoms with van der Waals surface area (Å²) in [6, 6.07) is 7.05. The van der Waals surface area contributed by atoms with E-state index in [1.807, 2.05) is 0 Å². The van der Waals surface area contributed by atoms with E-state index in [4.69, 9.17) is 27.9 Å². The lowest BCUT2D eigenvalue weighted by atomic mass is 10.2. The summed E-state index contributed by atoms with van der Waals surface area (Å²) in [4.78, 5) is 34.7. The number of nitrogens with zero attached hydrogens (tertiary/aromatic N) is 3. The average Bonchev–Trinajstić information content (AvgIpc) is 2.82. The predicted molar refractivity (Wildman–Crippen MR) is 153 cm³/mol. The van der Waals surface area contributed by atoms with Crippen LogP contribution >= 0.6 is 23.2 Å². The highest BCUT2D eigenvalue weighted by atomic mass is 35.5. The lowest BCUT2D eigenvalue weighted by molar-refractivity contribution is -0.137. The van der Waals surface area contributed by atoms with Crippen LogP contribution in [-0.2, 0) is 20.9 Å². The Bertz CT molecular complexity index is 1610. The molecule has 0 bridgehead atoms. The highest BCUT2D eigenvalue weighted by Gasteiger charge is 2.35. The number of anilines is 3. The number of carbonyl (C=O) groups excluding carboxylic acids is 2. The van der Waals surface area contributed by atoms with Gasteiger partial charge in [-0.1, -0.05) is 29.3 Å². The van der Waals surface area contributed by atoms with Crippen molar-refractivity contribution in [1.29, 1.82) is 0 Å². The number of benzene rings is 1. The minimum absolute atomic E-state index is 0.0610. The van der Waals surface area contributed by atoms with Gasteiger partial charge in [0.2, 0.25) is 0 Å². The standard InChI is InChI=1S/C26H26Cl2F3N5O5S/c1-14(2)36(21-8-6-7-20(33-21)34-24(38)41-25(3,4)5)23(37)22-19(11-15(27)13-32-22)35-42(39,40)16-9-10-18(28)17(12-16)26(29,30)31/h6-14,35H,1-5H3,(H,33,34,38). The van der Waals surface area contributed by atoms with Crippen LogP contribution in [0.1, 0.15) is 50.7 Å². The van der Waals surface area contributed by atoms with E-state index in [0.29, 0.717) is 6.07 Å². The van der Waals surface area contributed by atoms with Gasteiger partial charge in [0.05, 0.1) is 26.2 Å². The molecule has 2 aromatic heterocycles. The average molecular weight is 648 g/mol. The summed E-state index contributed by atoms with van der Waals surface area (Å²) in [7, 11) is -4.69. The van der Waals surface area contributed by atoms with Crippen LogP contribution in [-0.4, -0.2) is 42.0 Å². The monoisotopic (exact) mass is 647 g/mol. The minimum Gasteiger partial charge on any atom is -0.444 e. The van der Waals surface area contributed by atoms with E-state index in [1.165, 1.54) is 23.1 Å².